The molecule has 0 spiro atoms. The van der Waals surface area contributed by atoms with Crippen LogP contribution in [-0.4, -0.2) is 6.54 Å². The summed E-state index contributed by atoms with van der Waals surface area (Å²) >= 11 is 0. The fourth-order valence-electron chi connectivity index (χ4n) is 2.67. The first-order chi connectivity index (χ1) is 6.03. The minimum atomic E-state index is 0.512. The highest BCUT2D eigenvalue weighted by molar-refractivity contribution is 5.09. The van der Waals surface area contributed by atoms with Crippen molar-refractivity contribution in [2.24, 2.45) is 17.1 Å². The van der Waals surface area contributed by atoms with Crippen molar-refractivity contribution in [3.8, 4) is 0 Å². The van der Waals surface area contributed by atoms with Gasteiger partial charge in [-0.05, 0) is 43.6 Å². The lowest BCUT2D eigenvalue weighted by molar-refractivity contribution is 0.234. The average molecular weight is 181 g/mol. The molecule has 0 bridgehead atoms. The Bertz CT molecular complexity index is 191. The van der Waals surface area contributed by atoms with E-state index in [1.54, 1.807) is 5.57 Å². The lowest BCUT2D eigenvalue weighted by Crippen LogP contribution is -2.22. The molecule has 1 unspecified atom stereocenters. The molecule has 76 valence electrons. The lowest BCUT2D eigenvalue weighted by atomic mass is 9.70. The highest BCUT2D eigenvalue weighted by Crippen LogP contribution is 2.41. The Balaban J connectivity index is 2.57. The summed E-state index contributed by atoms with van der Waals surface area (Å²) in [6.07, 6.45) is 7.35. The number of hydrogen-bond donors (Lipinski definition) is 1. The zero-order valence-corrected chi connectivity index (χ0v) is 9.27. The van der Waals surface area contributed by atoms with Gasteiger partial charge in [-0.1, -0.05) is 32.4 Å². The number of allylic oxidation sites excluding steroid dienone is 1. The fraction of sp³-hybridized carbons (Fsp3) is 0.833. The van der Waals surface area contributed by atoms with Crippen molar-refractivity contribution < 1.29 is 0 Å². The standard InChI is InChI=1S/C12H23N/c1-10-7-11(5-4-6-13)9-12(2,3)8-10/h5,10H,4,6-9,13H2,1-3H3/b11-5+. The summed E-state index contributed by atoms with van der Waals surface area (Å²) in [5.74, 6) is 0.854. The minimum Gasteiger partial charge on any atom is -0.330 e. The van der Waals surface area contributed by atoms with Gasteiger partial charge in [0.05, 0.1) is 0 Å². The van der Waals surface area contributed by atoms with Crippen LogP contribution in [0.1, 0.15) is 46.5 Å². The third-order valence-electron chi connectivity index (χ3n) is 2.82. The van der Waals surface area contributed by atoms with Gasteiger partial charge in [0, 0.05) is 0 Å². The first-order valence-electron chi connectivity index (χ1n) is 5.41. The smallest absolute Gasteiger partial charge is 0.00425 e. The van der Waals surface area contributed by atoms with E-state index in [0.29, 0.717) is 5.41 Å². The molecule has 0 amide bonds. The quantitative estimate of drug-likeness (QED) is 0.651. The molecule has 0 aliphatic heterocycles. The predicted octanol–water partition coefficient (Wildman–Crippen LogP) is 3.11. The van der Waals surface area contributed by atoms with Gasteiger partial charge >= 0.3 is 0 Å². The molecule has 1 nitrogen and oxygen atoms in total. The third-order valence-corrected chi connectivity index (χ3v) is 2.82. The van der Waals surface area contributed by atoms with E-state index in [9.17, 15) is 0 Å². The molecule has 1 aliphatic carbocycles. The van der Waals surface area contributed by atoms with Gasteiger partial charge in [0.2, 0.25) is 0 Å². The van der Waals surface area contributed by atoms with E-state index < -0.39 is 0 Å². The molecular formula is C12H23N. The minimum absolute atomic E-state index is 0.512. The molecule has 1 fully saturated rings. The van der Waals surface area contributed by atoms with Crippen molar-refractivity contribution >= 4 is 0 Å². The van der Waals surface area contributed by atoms with Crippen molar-refractivity contribution in [1.29, 1.82) is 0 Å². The maximum Gasteiger partial charge on any atom is -0.00425 e. The normalized spacial score (nSPS) is 30.8. The second kappa shape index (κ2) is 4.28. The van der Waals surface area contributed by atoms with E-state index in [1.807, 2.05) is 0 Å². The van der Waals surface area contributed by atoms with Crippen LogP contribution in [0.2, 0.25) is 0 Å². The molecule has 0 aromatic carbocycles. The van der Waals surface area contributed by atoms with E-state index in [1.165, 1.54) is 19.3 Å². The van der Waals surface area contributed by atoms with Gasteiger partial charge in [-0.3, -0.25) is 0 Å². The molecular weight excluding hydrogens is 158 g/mol. The van der Waals surface area contributed by atoms with Crippen molar-refractivity contribution in [3.05, 3.63) is 11.6 Å². The van der Waals surface area contributed by atoms with Crippen molar-refractivity contribution in [1.82, 2.24) is 0 Å². The highest BCUT2D eigenvalue weighted by Gasteiger charge is 2.27. The van der Waals surface area contributed by atoms with Crippen LogP contribution in [-0.2, 0) is 0 Å². The fourth-order valence-corrected chi connectivity index (χ4v) is 2.67. The predicted molar refractivity (Wildman–Crippen MR) is 58.6 cm³/mol. The van der Waals surface area contributed by atoms with Crippen LogP contribution in [0, 0.1) is 11.3 Å². The molecule has 0 heterocycles. The summed E-state index contributed by atoms with van der Waals surface area (Å²) in [6, 6.07) is 0. The monoisotopic (exact) mass is 181 g/mol. The molecule has 0 aromatic rings. The van der Waals surface area contributed by atoms with Crippen LogP contribution in [0.3, 0.4) is 0 Å². The molecule has 1 rings (SSSR count). The Morgan fingerprint density at radius 3 is 2.77 bits per heavy atom. The van der Waals surface area contributed by atoms with Crippen molar-refractivity contribution in [3.63, 3.8) is 0 Å². The average Bonchev–Trinajstić information content (AvgIpc) is 1.97. The molecule has 13 heavy (non-hydrogen) atoms. The zero-order valence-electron chi connectivity index (χ0n) is 9.27. The largest absolute Gasteiger partial charge is 0.330 e. The molecule has 1 heteroatoms. The molecule has 0 aromatic heterocycles. The molecule has 1 aliphatic rings. The van der Waals surface area contributed by atoms with Crippen LogP contribution in [0.15, 0.2) is 11.6 Å². The Labute approximate surface area is 82.4 Å². The van der Waals surface area contributed by atoms with Crippen molar-refractivity contribution in [2.75, 3.05) is 6.54 Å². The van der Waals surface area contributed by atoms with Crippen LogP contribution in [0.5, 0.6) is 0 Å². The maximum atomic E-state index is 5.50. The van der Waals surface area contributed by atoms with E-state index in [2.05, 4.69) is 26.8 Å². The van der Waals surface area contributed by atoms with Crippen LogP contribution in [0.25, 0.3) is 0 Å². The Kier molecular flexibility index (Phi) is 3.55. The van der Waals surface area contributed by atoms with Gasteiger partial charge in [-0.25, -0.2) is 0 Å². The first-order valence-corrected chi connectivity index (χ1v) is 5.41. The zero-order chi connectivity index (χ0) is 9.90. The van der Waals surface area contributed by atoms with Gasteiger partial charge in [-0.2, -0.15) is 0 Å². The van der Waals surface area contributed by atoms with Gasteiger partial charge in [0.25, 0.3) is 0 Å². The maximum absolute atomic E-state index is 5.50. The third kappa shape index (κ3) is 3.51. The van der Waals surface area contributed by atoms with Crippen molar-refractivity contribution in [2.45, 2.75) is 46.5 Å². The summed E-state index contributed by atoms with van der Waals surface area (Å²) in [5, 5.41) is 0. The second-order valence-corrected chi connectivity index (χ2v) is 5.29. The summed E-state index contributed by atoms with van der Waals surface area (Å²) in [5.41, 5.74) is 7.65. The van der Waals surface area contributed by atoms with E-state index in [-0.39, 0.29) is 0 Å². The second-order valence-electron chi connectivity index (χ2n) is 5.29. The molecule has 1 saturated carbocycles. The van der Waals surface area contributed by atoms with Crippen LogP contribution in [0.4, 0.5) is 0 Å². The topological polar surface area (TPSA) is 26.0 Å². The first kappa shape index (κ1) is 10.8. The highest BCUT2D eigenvalue weighted by atomic mass is 14.5. The summed E-state index contributed by atoms with van der Waals surface area (Å²) in [4.78, 5) is 0. The van der Waals surface area contributed by atoms with Gasteiger partial charge in [0.1, 0.15) is 0 Å². The van der Waals surface area contributed by atoms with Crippen LogP contribution >= 0.6 is 0 Å². The Hall–Kier alpha value is -0.300. The number of hydrogen-bond acceptors (Lipinski definition) is 1. The summed E-state index contributed by atoms with van der Waals surface area (Å²) in [6.45, 7) is 7.90. The summed E-state index contributed by atoms with van der Waals surface area (Å²) in [7, 11) is 0. The van der Waals surface area contributed by atoms with Gasteiger partial charge in [-0.15, -0.1) is 0 Å². The molecule has 0 saturated heterocycles. The molecule has 1 atom stereocenters. The number of nitrogens with two attached hydrogens (primary N) is 1. The van der Waals surface area contributed by atoms with Gasteiger partial charge in [0.15, 0.2) is 0 Å². The lowest BCUT2D eigenvalue weighted by Gasteiger charge is -2.35. The Morgan fingerprint density at radius 1 is 1.54 bits per heavy atom. The van der Waals surface area contributed by atoms with Gasteiger partial charge < -0.3 is 5.73 Å². The van der Waals surface area contributed by atoms with E-state index >= 15 is 0 Å². The molecule has 0 radical (unpaired) electrons. The van der Waals surface area contributed by atoms with E-state index in [0.717, 1.165) is 18.9 Å². The summed E-state index contributed by atoms with van der Waals surface area (Å²) < 4.78 is 0. The van der Waals surface area contributed by atoms with E-state index in [4.69, 9.17) is 5.73 Å². The molecule has 2 N–H and O–H groups in total. The van der Waals surface area contributed by atoms with Crippen LogP contribution < -0.4 is 5.73 Å². The Morgan fingerprint density at radius 2 is 2.23 bits per heavy atom. The SMILES string of the molecule is CC1C/C(=C\CCN)CC(C)(C)C1. The number of rotatable bonds is 2.